The highest BCUT2D eigenvalue weighted by Gasteiger charge is 2.29. The molecule has 1 aromatic heterocycles. The van der Waals surface area contributed by atoms with Gasteiger partial charge in [-0.3, -0.25) is 9.78 Å². The van der Waals surface area contributed by atoms with Gasteiger partial charge in [-0.25, -0.2) is 8.78 Å². The van der Waals surface area contributed by atoms with Gasteiger partial charge in [-0.1, -0.05) is 0 Å². The number of amides is 1. The summed E-state index contributed by atoms with van der Waals surface area (Å²) in [6.45, 7) is 3.88. The van der Waals surface area contributed by atoms with Gasteiger partial charge in [0.25, 0.3) is 5.91 Å². The number of nitrogens with zero attached hydrogens (tertiary/aromatic N) is 2. The van der Waals surface area contributed by atoms with Crippen molar-refractivity contribution in [3.8, 4) is 0 Å². The number of aromatic nitrogens is 1. The second-order valence-corrected chi connectivity index (χ2v) is 7.68. The molecular weight excluding hydrogens is 398 g/mol. The Morgan fingerprint density at radius 1 is 1.00 bits per heavy atom. The van der Waals surface area contributed by atoms with Crippen molar-refractivity contribution < 1.29 is 18.5 Å². The maximum absolute atomic E-state index is 13.2. The predicted molar refractivity (Wildman–Crippen MR) is 115 cm³/mol. The van der Waals surface area contributed by atoms with Gasteiger partial charge in [-0.2, -0.15) is 0 Å². The molecule has 5 nitrogen and oxygen atoms in total. The molecule has 2 N–H and O–H groups in total. The van der Waals surface area contributed by atoms with Crippen molar-refractivity contribution >= 4 is 11.6 Å². The minimum atomic E-state index is -0.367. The number of benzene rings is 2. The lowest BCUT2D eigenvalue weighted by atomic mass is 10.1. The highest BCUT2D eigenvalue weighted by molar-refractivity contribution is 5.94. The molecular formula is C24H25F2N4O+. The molecule has 31 heavy (non-hydrogen) atoms. The van der Waals surface area contributed by atoms with Crippen molar-refractivity contribution in [1.29, 1.82) is 0 Å². The van der Waals surface area contributed by atoms with E-state index in [2.05, 4.69) is 15.2 Å². The van der Waals surface area contributed by atoms with E-state index >= 15 is 0 Å². The van der Waals surface area contributed by atoms with Gasteiger partial charge in [0.05, 0.1) is 32.7 Å². The fourth-order valence-electron chi connectivity index (χ4n) is 4.03. The molecule has 1 aliphatic rings. The zero-order chi connectivity index (χ0) is 21.6. The van der Waals surface area contributed by atoms with Crippen molar-refractivity contribution in [3.63, 3.8) is 0 Å². The summed E-state index contributed by atoms with van der Waals surface area (Å²) in [6.07, 6.45) is 3.58. The Balaban J connectivity index is 1.43. The van der Waals surface area contributed by atoms with Crippen LogP contribution < -0.4 is 15.1 Å². The van der Waals surface area contributed by atoms with E-state index in [0.29, 0.717) is 12.1 Å². The van der Waals surface area contributed by atoms with Crippen molar-refractivity contribution in [2.24, 2.45) is 0 Å². The molecule has 2 heterocycles. The third kappa shape index (κ3) is 5.24. The van der Waals surface area contributed by atoms with E-state index < -0.39 is 0 Å². The first-order chi connectivity index (χ1) is 15.1. The molecule has 0 bridgehead atoms. The topological polar surface area (TPSA) is 49.7 Å². The number of carbonyl (C=O) groups is 1. The van der Waals surface area contributed by atoms with Crippen LogP contribution >= 0.6 is 0 Å². The Labute approximate surface area is 180 Å². The van der Waals surface area contributed by atoms with Crippen LogP contribution in [0.5, 0.6) is 0 Å². The highest BCUT2D eigenvalue weighted by Crippen LogP contribution is 2.15. The van der Waals surface area contributed by atoms with Crippen molar-refractivity contribution in [2.75, 3.05) is 37.6 Å². The predicted octanol–water partition coefficient (Wildman–Crippen LogP) is 2.24. The molecule has 1 saturated heterocycles. The van der Waals surface area contributed by atoms with Crippen molar-refractivity contribution in [1.82, 2.24) is 10.3 Å². The van der Waals surface area contributed by atoms with Gasteiger partial charge in [-0.15, -0.1) is 0 Å². The number of anilines is 1. The van der Waals surface area contributed by atoms with E-state index in [1.54, 1.807) is 6.20 Å². The molecule has 160 valence electrons. The number of carbonyl (C=O) groups excluding carboxylic acids is 1. The van der Waals surface area contributed by atoms with Gasteiger partial charge in [0.2, 0.25) is 0 Å². The SMILES string of the molecule is O=C(NCC(c1cccnc1)[NH+]1CCN(c2ccc(F)cc2)CC1)c1ccc(F)cc1. The first-order valence-electron chi connectivity index (χ1n) is 10.4. The van der Waals surface area contributed by atoms with Crippen LogP contribution in [0.2, 0.25) is 0 Å². The summed E-state index contributed by atoms with van der Waals surface area (Å²) in [5.74, 6) is -0.826. The Bertz CT molecular complexity index is 988. The van der Waals surface area contributed by atoms with E-state index in [1.807, 2.05) is 30.5 Å². The third-order valence-electron chi connectivity index (χ3n) is 5.75. The lowest BCUT2D eigenvalue weighted by Crippen LogP contribution is -3.15. The molecule has 0 saturated carbocycles. The number of nitrogens with one attached hydrogen (secondary N) is 2. The fraction of sp³-hybridized carbons (Fsp3) is 0.250. The van der Waals surface area contributed by atoms with E-state index in [4.69, 9.17) is 0 Å². The zero-order valence-corrected chi connectivity index (χ0v) is 17.1. The monoisotopic (exact) mass is 423 g/mol. The molecule has 4 rings (SSSR count). The number of pyridine rings is 1. The van der Waals surface area contributed by atoms with Gasteiger partial charge < -0.3 is 15.1 Å². The smallest absolute Gasteiger partial charge is 0.251 e. The average Bonchev–Trinajstić information content (AvgIpc) is 2.81. The van der Waals surface area contributed by atoms with Crippen LogP contribution in [0.4, 0.5) is 14.5 Å². The molecule has 0 radical (unpaired) electrons. The maximum Gasteiger partial charge on any atom is 0.251 e. The van der Waals surface area contributed by atoms with Gasteiger partial charge in [0, 0.05) is 29.2 Å². The van der Waals surface area contributed by atoms with E-state index in [9.17, 15) is 13.6 Å². The fourth-order valence-corrected chi connectivity index (χ4v) is 4.03. The lowest BCUT2D eigenvalue weighted by molar-refractivity contribution is -0.931. The van der Waals surface area contributed by atoms with E-state index in [1.165, 1.54) is 41.3 Å². The Kier molecular flexibility index (Phi) is 6.52. The summed E-state index contributed by atoms with van der Waals surface area (Å²) in [7, 11) is 0. The standard InChI is InChI=1S/C24H24F2N4O/c25-20-5-3-18(4-6-20)24(31)28-17-23(19-2-1-11-27-16-19)30-14-12-29(13-15-30)22-9-7-21(26)8-10-22/h1-11,16,23H,12-15,17H2,(H,28,31)/p+1. The first kappa shape index (κ1) is 20.9. The largest absolute Gasteiger partial charge is 0.360 e. The van der Waals surface area contributed by atoms with Gasteiger partial charge >= 0.3 is 0 Å². The second-order valence-electron chi connectivity index (χ2n) is 7.68. The molecule has 0 spiro atoms. The Morgan fingerprint density at radius 2 is 1.65 bits per heavy atom. The number of piperazine rings is 1. The van der Waals surface area contributed by atoms with Crippen LogP contribution in [-0.4, -0.2) is 43.6 Å². The van der Waals surface area contributed by atoms with Crippen LogP contribution in [-0.2, 0) is 0 Å². The summed E-state index contributed by atoms with van der Waals surface area (Å²) >= 11 is 0. The normalized spacial score (nSPS) is 15.5. The number of quaternary nitrogens is 1. The van der Waals surface area contributed by atoms with Crippen molar-refractivity contribution in [3.05, 3.63) is 95.8 Å². The molecule has 3 aromatic rings. The summed E-state index contributed by atoms with van der Waals surface area (Å²) in [5.41, 5.74) is 2.51. The van der Waals surface area contributed by atoms with Crippen LogP contribution in [0.3, 0.4) is 0 Å². The van der Waals surface area contributed by atoms with Crippen LogP contribution in [0.15, 0.2) is 73.1 Å². The van der Waals surface area contributed by atoms with Gasteiger partial charge in [0.1, 0.15) is 17.7 Å². The number of halogens is 2. The van der Waals surface area contributed by atoms with Crippen LogP contribution in [0, 0.1) is 11.6 Å². The highest BCUT2D eigenvalue weighted by atomic mass is 19.1. The summed E-state index contributed by atoms with van der Waals surface area (Å²) in [6, 6.07) is 16.1. The number of hydrogen-bond acceptors (Lipinski definition) is 3. The number of hydrogen-bond donors (Lipinski definition) is 2. The van der Waals surface area contributed by atoms with Gasteiger partial charge in [0.15, 0.2) is 0 Å². The minimum absolute atomic E-state index is 0.0495. The number of rotatable bonds is 6. The molecule has 1 unspecified atom stereocenters. The van der Waals surface area contributed by atoms with Crippen LogP contribution in [0.1, 0.15) is 22.0 Å². The van der Waals surface area contributed by atoms with Gasteiger partial charge in [-0.05, 0) is 60.7 Å². The molecule has 1 aliphatic heterocycles. The first-order valence-corrected chi connectivity index (χ1v) is 10.4. The molecule has 7 heteroatoms. The maximum atomic E-state index is 13.2. The Hall–Kier alpha value is -3.32. The molecule has 0 aliphatic carbocycles. The lowest BCUT2D eigenvalue weighted by Gasteiger charge is -2.37. The van der Waals surface area contributed by atoms with Crippen molar-refractivity contribution in [2.45, 2.75) is 6.04 Å². The minimum Gasteiger partial charge on any atom is -0.360 e. The summed E-state index contributed by atoms with van der Waals surface area (Å²) in [5, 5.41) is 3.00. The second kappa shape index (κ2) is 9.66. The molecule has 2 aromatic carbocycles. The van der Waals surface area contributed by atoms with Crippen LogP contribution in [0.25, 0.3) is 0 Å². The molecule has 1 fully saturated rings. The zero-order valence-electron chi connectivity index (χ0n) is 17.1. The average molecular weight is 423 g/mol. The Morgan fingerprint density at radius 3 is 2.26 bits per heavy atom. The molecule has 1 amide bonds. The van der Waals surface area contributed by atoms with E-state index in [0.717, 1.165) is 37.4 Å². The summed E-state index contributed by atoms with van der Waals surface area (Å²) in [4.78, 5) is 20.4. The van der Waals surface area contributed by atoms with E-state index in [-0.39, 0.29) is 23.6 Å². The summed E-state index contributed by atoms with van der Waals surface area (Å²) < 4.78 is 26.4. The molecule has 1 atom stereocenters. The quantitative estimate of drug-likeness (QED) is 0.640. The third-order valence-corrected chi connectivity index (χ3v) is 5.75.